The van der Waals surface area contributed by atoms with Gasteiger partial charge in [0.05, 0.1) is 74.5 Å². The zero-order valence-electron chi connectivity index (χ0n) is 32.5. The molecule has 10 heteroatoms. The number of ether oxygens (including phenoxy) is 6. The first-order valence-corrected chi connectivity index (χ1v) is 21.4. The van der Waals surface area contributed by atoms with Crippen LogP contribution >= 0.6 is 0 Å². The first kappa shape index (κ1) is 42.5. The van der Waals surface area contributed by atoms with Crippen LogP contribution in [-0.2, 0) is 47.6 Å². The summed E-state index contributed by atoms with van der Waals surface area (Å²) in [5, 5.41) is 0. The van der Waals surface area contributed by atoms with Gasteiger partial charge in [0, 0.05) is 0 Å². The second-order valence-corrected chi connectivity index (χ2v) is 15.8. The smallest absolute Gasteiger partial charge is 0.309 e. The molecule has 52 heavy (non-hydrogen) atoms. The summed E-state index contributed by atoms with van der Waals surface area (Å²) in [6, 6.07) is 0. The zero-order valence-corrected chi connectivity index (χ0v) is 32.5. The van der Waals surface area contributed by atoms with Gasteiger partial charge in [-0.15, -0.1) is 0 Å². The Morgan fingerprint density at radius 1 is 0.365 bits per heavy atom. The van der Waals surface area contributed by atoms with Crippen molar-refractivity contribution in [2.75, 3.05) is 26.4 Å². The average molecular weight is 735 g/mol. The minimum absolute atomic E-state index is 0.0852. The molecule has 0 amide bonds. The van der Waals surface area contributed by atoms with Crippen molar-refractivity contribution in [3.8, 4) is 0 Å². The molecule has 0 aromatic carbocycles. The Bertz CT molecular complexity index is 981. The quantitative estimate of drug-likeness (QED) is 0.0319. The van der Waals surface area contributed by atoms with E-state index in [1.807, 2.05) is 0 Å². The predicted octanol–water partition coefficient (Wildman–Crippen LogP) is 8.59. The third kappa shape index (κ3) is 15.3. The summed E-state index contributed by atoms with van der Waals surface area (Å²) in [4.78, 5) is 51.4. The summed E-state index contributed by atoms with van der Waals surface area (Å²) in [6.07, 6.45) is 24.2. The van der Waals surface area contributed by atoms with Crippen LogP contribution in [0.3, 0.4) is 0 Å². The number of hydrogen-bond acceptors (Lipinski definition) is 10. The van der Waals surface area contributed by atoms with Gasteiger partial charge in [0.2, 0.25) is 0 Å². The zero-order chi connectivity index (χ0) is 37.0. The second kappa shape index (κ2) is 24.3. The maximum Gasteiger partial charge on any atom is 0.309 e. The number of carbonyl (C=O) groups is 4. The van der Waals surface area contributed by atoms with Gasteiger partial charge >= 0.3 is 23.9 Å². The summed E-state index contributed by atoms with van der Waals surface area (Å²) in [6.45, 7) is 5.99. The lowest BCUT2D eigenvalue weighted by Crippen LogP contribution is -2.37. The van der Waals surface area contributed by atoms with Gasteiger partial charge < -0.3 is 28.4 Å². The number of rotatable bonds is 29. The topological polar surface area (TPSA) is 130 Å². The molecule has 0 radical (unpaired) electrons. The molecule has 2 saturated carbocycles. The molecule has 4 fully saturated rings. The molecule has 2 heterocycles. The van der Waals surface area contributed by atoms with Crippen LogP contribution in [-0.4, -0.2) is 74.7 Å². The minimum Gasteiger partial charge on any atom is -0.465 e. The van der Waals surface area contributed by atoms with E-state index >= 15 is 0 Å². The van der Waals surface area contributed by atoms with E-state index in [2.05, 4.69) is 13.8 Å². The Labute approximate surface area is 313 Å². The molecule has 4 aliphatic rings. The van der Waals surface area contributed by atoms with Crippen LogP contribution in [0.2, 0.25) is 0 Å². The monoisotopic (exact) mass is 734 g/mol. The minimum atomic E-state index is -0.460. The van der Waals surface area contributed by atoms with Gasteiger partial charge in [0.15, 0.2) is 0 Å². The molecule has 0 bridgehead atoms. The largest absolute Gasteiger partial charge is 0.465 e. The Hall–Kier alpha value is -2.20. The molecule has 0 aromatic heterocycles. The van der Waals surface area contributed by atoms with Crippen molar-refractivity contribution in [3.63, 3.8) is 0 Å². The molecule has 8 atom stereocenters. The molecule has 298 valence electrons. The van der Waals surface area contributed by atoms with Gasteiger partial charge in [-0.25, -0.2) is 0 Å². The van der Waals surface area contributed by atoms with E-state index in [0.717, 1.165) is 89.9 Å². The lowest BCUT2D eigenvalue weighted by atomic mass is 9.79. The maximum absolute atomic E-state index is 12.9. The average Bonchev–Trinajstić information content (AvgIpc) is 4.08. The molecule has 4 rings (SSSR count). The van der Waals surface area contributed by atoms with E-state index < -0.39 is 23.7 Å². The molecule has 2 saturated heterocycles. The molecule has 0 spiro atoms. The van der Waals surface area contributed by atoms with Crippen molar-refractivity contribution in [1.29, 1.82) is 0 Å². The summed E-state index contributed by atoms with van der Waals surface area (Å²) < 4.78 is 33.7. The number of hydrogen-bond donors (Lipinski definition) is 0. The van der Waals surface area contributed by atoms with Crippen molar-refractivity contribution in [1.82, 2.24) is 0 Å². The number of unbranched alkanes of at least 4 members (excludes halogenated alkanes) is 17. The van der Waals surface area contributed by atoms with Crippen molar-refractivity contribution < 1.29 is 47.6 Å². The first-order chi connectivity index (χ1) is 25.4. The highest BCUT2D eigenvalue weighted by Gasteiger charge is 2.54. The second-order valence-electron chi connectivity index (χ2n) is 15.8. The maximum atomic E-state index is 12.9. The molecular formula is C42H70O10. The molecular weight excluding hydrogens is 664 g/mol. The van der Waals surface area contributed by atoms with Crippen molar-refractivity contribution in [3.05, 3.63) is 0 Å². The SMILES string of the molecule is CCCCCCCOC(=O)C1CC2OC2CC1C(=O)OCCCCCCCCCCCCOC(=O)C1CC2OC2CC1C(=O)OCCCCCCC. The Kier molecular flexibility index (Phi) is 19.8. The third-order valence-corrected chi connectivity index (χ3v) is 11.5. The van der Waals surface area contributed by atoms with Gasteiger partial charge in [0.1, 0.15) is 0 Å². The number of esters is 4. The van der Waals surface area contributed by atoms with E-state index in [4.69, 9.17) is 28.4 Å². The van der Waals surface area contributed by atoms with Gasteiger partial charge in [-0.05, 0) is 51.4 Å². The summed E-state index contributed by atoms with van der Waals surface area (Å²) in [5.74, 6) is -2.92. The molecule has 8 unspecified atom stereocenters. The summed E-state index contributed by atoms with van der Waals surface area (Å²) >= 11 is 0. The lowest BCUT2D eigenvalue weighted by Gasteiger charge is -2.26. The molecule has 0 aromatic rings. The number of carbonyl (C=O) groups excluding carboxylic acids is 4. The fourth-order valence-electron chi connectivity index (χ4n) is 8.04. The standard InChI is InChI=1S/C42H70O10/c1-3-5-7-15-19-23-47-39(43)31-27-35-37(51-35)29-33(31)41(45)49-25-21-17-13-11-9-10-12-14-18-22-26-50-42(46)34-30-38-36(52-38)28-32(34)40(44)48-24-20-16-8-6-4-2/h31-38H,3-30H2,1-2H3. The van der Waals surface area contributed by atoms with E-state index in [-0.39, 0.29) is 48.3 Å². The van der Waals surface area contributed by atoms with E-state index in [9.17, 15) is 19.2 Å². The molecule has 2 aliphatic heterocycles. The highest BCUT2D eigenvalue weighted by Crippen LogP contribution is 2.45. The summed E-state index contributed by atoms with van der Waals surface area (Å²) in [5.41, 5.74) is 0. The van der Waals surface area contributed by atoms with Crippen LogP contribution in [0.1, 0.15) is 168 Å². The van der Waals surface area contributed by atoms with Crippen LogP contribution in [0.5, 0.6) is 0 Å². The van der Waals surface area contributed by atoms with Crippen LogP contribution < -0.4 is 0 Å². The lowest BCUT2D eigenvalue weighted by molar-refractivity contribution is -0.162. The van der Waals surface area contributed by atoms with Gasteiger partial charge in [0.25, 0.3) is 0 Å². The fraction of sp³-hybridized carbons (Fsp3) is 0.905. The number of fused-ring (bicyclic) bond motifs is 2. The highest BCUT2D eigenvalue weighted by atomic mass is 16.6. The third-order valence-electron chi connectivity index (χ3n) is 11.5. The van der Waals surface area contributed by atoms with Gasteiger partial charge in [-0.3, -0.25) is 19.2 Å². The highest BCUT2D eigenvalue weighted by molar-refractivity contribution is 5.83. The van der Waals surface area contributed by atoms with Crippen LogP contribution in [0.4, 0.5) is 0 Å². The molecule has 0 N–H and O–H groups in total. The fourth-order valence-corrected chi connectivity index (χ4v) is 8.04. The van der Waals surface area contributed by atoms with E-state index in [0.29, 0.717) is 52.1 Å². The number of epoxide rings is 2. The molecule has 10 nitrogen and oxygen atoms in total. The van der Waals surface area contributed by atoms with E-state index in [1.54, 1.807) is 0 Å². The predicted molar refractivity (Wildman–Crippen MR) is 197 cm³/mol. The normalized spacial score (nSPS) is 27.2. The summed E-state index contributed by atoms with van der Waals surface area (Å²) in [7, 11) is 0. The Balaban J connectivity index is 0.956. The van der Waals surface area contributed by atoms with Crippen molar-refractivity contribution in [2.45, 2.75) is 192 Å². The van der Waals surface area contributed by atoms with Crippen molar-refractivity contribution in [2.24, 2.45) is 23.7 Å². The van der Waals surface area contributed by atoms with Crippen molar-refractivity contribution >= 4 is 23.9 Å². The Morgan fingerprint density at radius 3 is 0.808 bits per heavy atom. The van der Waals surface area contributed by atoms with Crippen LogP contribution in [0, 0.1) is 23.7 Å². The van der Waals surface area contributed by atoms with Gasteiger partial charge in [-0.1, -0.05) is 117 Å². The van der Waals surface area contributed by atoms with Gasteiger partial charge in [-0.2, -0.15) is 0 Å². The first-order valence-electron chi connectivity index (χ1n) is 21.4. The van der Waals surface area contributed by atoms with E-state index in [1.165, 1.54) is 38.5 Å². The molecule has 2 aliphatic carbocycles. The van der Waals surface area contributed by atoms with Crippen LogP contribution in [0.25, 0.3) is 0 Å². The Morgan fingerprint density at radius 2 is 0.577 bits per heavy atom. The van der Waals surface area contributed by atoms with Crippen LogP contribution in [0.15, 0.2) is 0 Å².